The number of carbonyl (C=O) groups excluding carboxylic acids is 1. The van der Waals surface area contributed by atoms with Crippen LogP contribution >= 0.6 is 23.2 Å². The first-order valence-corrected chi connectivity index (χ1v) is 7.91. The molecular weight excluding hydrogens is 309 g/mol. The number of halogens is 2. The molecule has 1 aliphatic carbocycles. The minimum absolute atomic E-state index is 0.113. The lowest BCUT2D eigenvalue weighted by Gasteiger charge is -2.25. The number of nitrogens with zero attached hydrogens (tertiary/aromatic N) is 1. The number of nitrogens with one attached hydrogen (secondary N) is 1. The third kappa shape index (κ3) is 4.77. The molecular formula is C15H21Cl2N3O. The second kappa shape index (κ2) is 6.86. The second-order valence-electron chi connectivity index (χ2n) is 5.87. The molecule has 3 N–H and O–H groups in total. The van der Waals surface area contributed by atoms with E-state index in [0.717, 1.165) is 12.5 Å². The Bertz CT molecular complexity index is 507. The molecule has 6 heteroatoms. The molecule has 0 atom stereocenters. The van der Waals surface area contributed by atoms with Crippen LogP contribution in [0, 0.1) is 5.92 Å². The van der Waals surface area contributed by atoms with Gasteiger partial charge in [-0.1, -0.05) is 23.2 Å². The summed E-state index contributed by atoms with van der Waals surface area (Å²) in [5, 5.41) is 3.49. The van der Waals surface area contributed by atoms with Crippen LogP contribution in [0.5, 0.6) is 0 Å². The Morgan fingerprint density at radius 3 is 2.43 bits per heavy atom. The molecule has 2 rings (SSSR count). The zero-order chi connectivity index (χ0) is 15.6. The highest BCUT2D eigenvalue weighted by atomic mass is 35.5. The molecule has 0 heterocycles. The zero-order valence-corrected chi connectivity index (χ0v) is 13.8. The van der Waals surface area contributed by atoms with Gasteiger partial charge in [-0.25, -0.2) is 0 Å². The summed E-state index contributed by atoms with van der Waals surface area (Å²) < 4.78 is 0. The number of nitrogens with two attached hydrogens (primary N) is 1. The summed E-state index contributed by atoms with van der Waals surface area (Å²) in [6.07, 6.45) is 2.53. The fourth-order valence-corrected chi connectivity index (χ4v) is 2.76. The highest BCUT2D eigenvalue weighted by Crippen LogP contribution is 2.33. The summed E-state index contributed by atoms with van der Waals surface area (Å²) in [7, 11) is 0. The number of benzene rings is 1. The SMILES string of the molecule is CC(C)N(CC(=O)Nc1c(Cl)cc(N)cc1Cl)CC1CC1. The van der Waals surface area contributed by atoms with Crippen molar-refractivity contribution in [2.24, 2.45) is 5.92 Å². The van der Waals surface area contributed by atoms with Crippen molar-refractivity contribution in [1.29, 1.82) is 0 Å². The summed E-state index contributed by atoms with van der Waals surface area (Å²) in [5.41, 5.74) is 6.55. The van der Waals surface area contributed by atoms with Crippen molar-refractivity contribution in [1.82, 2.24) is 4.90 Å². The molecule has 0 spiro atoms. The molecule has 1 amide bonds. The van der Waals surface area contributed by atoms with Gasteiger partial charge in [0.1, 0.15) is 0 Å². The number of hydrogen-bond donors (Lipinski definition) is 2. The lowest BCUT2D eigenvalue weighted by atomic mass is 10.2. The Hall–Kier alpha value is -0.970. The average Bonchev–Trinajstić information content (AvgIpc) is 3.16. The Kier molecular flexibility index (Phi) is 5.36. The fourth-order valence-electron chi connectivity index (χ4n) is 2.17. The number of rotatable bonds is 6. The molecule has 1 aliphatic rings. The van der Waals surface area contributed by atoms with E-state index in [0.29, 0.717) is 34.0 Å². The van der Waals surface area contributed by atoms with Crippen molar-refractivity contribution in [2.75, 3.05) is 24.1 Å². The van der Waals surface area contributed by atoms with Crippen LogP contribution in [0.15, 0.2) is 12.1 Å². The van der Waals surface area contributed by atoms with Gasteiger partial charge < -0.3 is 11.1 Å². The van der Waals surface area contributed by atoms with E-state index in [9.17, 15) is 4.79 Å². The zero-order valence-electron chi connectivity index (χ0n) is 12.3. The molecule has 0 unspecified atom stereocenters. The van der Waals surface area contributed by atoms with Crippen molar-refractivity contribution >= 4 is 40.5 Å². The van der Waals surface area contributed by atoms with E-state index in [1.54, 1.807) is 12.1 Å². The van der Waals surface area contributed by atoms with Gasteiger partial charge in [-0.15, -0.1) is 0 Å². The first kappa shape index (κ1) is 16.4. The van der Waals surface area contributed by atoms with Crippen molar-refractivity contribution in [2.45, 2.75) is 32.7 Å². The van der Waals surface area contributed by atoms with E-state index in [1.165, 1.54) is 12.8 Å². The molecule has 1 fully saturated rings. The van der Waals surface area contributed by atoms with E-state index < -0.39 is 0 Å². The Labute approximate surface area is 135 Å². The van der Waals surface area contributed by atoms with E-state index in [-0.39, 0.29) is 5.91 Å². The predicted molar refractivity (Wildman–Crippen MR) is 88.9 cm³/mol. The van der Waals surface area contributed by atoms with Crippen LogP contribution < -0.4 is 11.1 Å². The Balaban J connectivity index is 2.00. The maximum Gasteiger partial charge on any atom is 0.238 e. The van der Waals surface area contributed by atoms with Crippen LogP contribution in [0.1, 0.15) is 26.7 Å². The molecule has 116 valence electrons. The first-order chi connectivity index (χ1) is 9.86. The second-order valence-corrected chi connectivity index (χ2v) is 6.69. The highest BCUT2D eigenvalue weighted by molar-refractivity contribution is 6.40. The highest BCUT2D eigenvalue weighted by Gasteiger charge is 2.26. The van der Waals surface area contributed by atoms with Crippen molar-refractivity contribution in [3.63, 3.8) is 0 Å². The van der Waals surface area contributed by atoms with Crippen molar-refractivity contribution < 1.29 is 4.79 Å². The molecule has 0 saturated heterocycles. The van der Waals surface area contributed by atoms with Gasteiger partial charge in [-0.2, -0.15) is 0 Å². The maximum atomic E-state index is 12.2. The van der Waals surface area contributed by atoms with Gasteiger partial charge in [-0.3, -0.25) is 9.69 Å². The van der Waals surface area contributed by atoms with E-state index in [4.69, 9.17) is 28.9 Å². The molecule has 1 saturated carbocycles. The largest absolute Gasteiger partial charge is 0.399 e. The maximum absolute atomic E-state index is 12.2. The number of carbonyl (C=O) groups is 1. The van der Waals surface area contributed by atoms with E-state index in [1.807, 2.05) is 0 Å². The summed E-state index contributed by atoms with van der Waals surface area (Å²) >= 11 is 12.2. The van der Waals surface area contributed by atoms with E-state index in [2.05, 4.69) is 24.1 Å². The minimum atomic E-state index is -0.113. The molecule has 21 heavy (non-hydrogen) atoms. The average molecular weight is 330 g/mol. The first-order valence-electron chi connectivity index (χ1n) is 7.15. The van der Waals surface area contributed by atoms with Crippen LogP contribution in [0.25, 0.3) is 0 Å². The third-order valence-corrected chi connectivity index (χ3v) is 4.19. The smallest absolute Gasteiger partial charge is 0.238 e. The molecule has 0 aliphatic heterocycles. The minimum Gasteiger partial charge on any atom is -0.399 e. The Morgan fingerprint density at radius 2 is 1.95 bits per heavy atom. The van der Waals surface area contributed by atoms with Gasteiger partial charge in [0.15, 0.2) is 0 Å². The molecule has 0 radical (unpaired) electrons. The quantitative estimate of drug-likeness (QED) is 0.783. The molecule has 4 nitrogen and oxygen atoms in total. The number of amides is 1. The van der Waals surface area contributed by atoms with Gasteiger partial charge in [0, 0.05) is 18.3 Å². The summed E-state index contributed by atoms with van der Waals surface area (Å²) in [5.74, 6) is 0.627. The summed E-state index contributed by atoms with van der Waals surface area (Å²) in [6.45, 7) is 5.50. The van der Waals surface area contributed by atoms with Crippen molar-refractivity contribution in [3.05, 3.63) is 22.2 Å². The van der Waals surface area contributed by atoms with Crippen LogP contribution in [-0.2, 0) is 4.79 Å². The molecule has 0 aromatic heterocycles. The number of hydrogen-bond acceptors (Lipinski definition) is 3. The lowest BCUT2D eigenvalue weighted by Crippen LogP contribution is -2.39. The van der Waals surface area contributed by atoms with Gasteiger partial charge >= 0.3 is 0 Å². The van der Waals surface area contributed by atoms with Crippen LogP contribution in [-0.4, -0.2) is 29.9 Å². The molecule has 0 bridgehead atoms. The van der Waals surface area contributed by atoms with Gasteiger partial charge in [0.2, 0.25) is 5.91 Å². The standard InChI is InChI=1S/C15H21Cl2N3O/c1-9(2)20(7-10-3-4-10)8-14(21)19-15-12(16)5-11(18)6-13(15)17/h5-6,9-10H,3-4,7-8,18H2,1-2H3,(H,19,21). The van der Waals surface area contributed by atoms with Crippen molar-refractivity contribution in [3.8, 4) is 0 Å². The van der Waals surface area contributed by atoms with Gasteiger partial charge in [-0.05, 0) is 44.7 Å². The monoisotopic (exact) mass is 329 g/mol. The van der Waals surface area contributed by atoms with Gasteiger partial charge in [0.25, 0.3) is 0 Å². The topological polar surface area (TPSA) is 58.4 Å². The van der Waals surface area contributed by atoms with Crippen LogP contribution in [0.3, 0.4) is 0 Å². The fraction of sp³-hybridized carbons (Fsp3) is 0.533. The number of anilines is 2. The predicted octanol–water partition coefficient (Wildman–Crippen LogP) is 3.63. The summed E-state index contributed by atoms with van der Waals surface area (Å²) in [6, 6.07) is 3.48. The lowest BCUT2D eigenvalue weighted by molar-refractivity contribution is -0.117. The van der Waals surface area contributed by atoms with E-state index >= 15 is 0 Å². The number of nitrogen functional groups attached to an aromatic ring is 1. The van der Waals surface area contributed by atoms with Crippen LogP contribution in [0.2, 0.25) is 10.0 Å². The molecule has 1 aromatic carbocycles. The van der Waals surface area contributed by atoms with Crippen LogP contribution in [0.4, 0.5) is 11.4 Å². The normalized spacial score (nSPS) is 14.8. The third-order valence-electron chi connectivity index (χ3n) is 3.60. The Morgan fingerprint density at radius 1 is 1.38 bits per heavy atom. The van der Waals surface area contributed by atoms with Gasteiger partial charge in [0.05, 0.1) is 22.3 Å². The summed E-state index contributed by atoms with van der Waals surface area (Å²) in [4.78, 5) is 14.4. The molecule has 1 aromatic rings.